The van der Waals surface area contributed by atoms with Crippen LogP contribution in [0.4, 0.5) is 0 Å². The highest BCUT2D eigenvalue weighted by Crippen LogP contribution is 2.19. The normalized spacial score (nSPS) is 13.5. The van der Waals surface area contributed by atoms with E-state index in [0.29, 0.717) is 11.3 Å². The van der Waals surface area contributed by atoms with E-state index in [9.17, 15) is 9.90 Å². The first-order chi connectivity index (χ1) is 10.1. The number of nitrogens with one attached hydrogen (secondary N) is 1. The first-order valence-electron chi connectivity index (χ1n) is 6.75. The van der Waals surface area contributed by atoms with E-state index in [1.807, 2.05) is 24.4 Å². The Labute approximate surface area is 128 Å². The molecule has 2 aromatic rings. The highest BCUT2D eigenvalue weighted by atomic mass is 32.1. The van der Waals surface area contributed by atoms with Crippen molar-refractivity contribution in [3.63, 3.8) is 0 Å². The van der Waals surface area contributed by atoms with E-state index in [0.717, 1.165) is 6.42 Å². The smallest absolute Gasteiger partial charge is 0.253 e. The van der Waals surface area contributed by atoms with Crippen LogP contribution in [0.5, 0.6) is 5.75 Å². The van der Waals surface area contributed by atoms with Gasteiger partial charge in [-0.05, 0) is 36.1 Å². The van der Waals surface area contributed by atoms with Gasteiger partial charge in [0.15, 0.2) is 6.10 Å². The number of thiophene rings is 1. The molecule has 2 atom stereocenters. The van der Waals surface area contributed by atoms with Gasteiger partial charge in [-0.3, -0.25) is 4.79 Å². The Morgan fingerprint density at radius 2 is 2.19 bits per heavy atom. The van der Waals surface area contributed by atoms with Crippen molar-refractivity contribution in [3.8, 4) is 5.75 Å². The average molecular weight is 305 g/mol. The van der Waals surface area contributed by atoms with Crippen molar-refractivity contribution in [3.05, 3.63) is 52.2 Å². The first kappa shape index (κ1) is 15.5. The zero-order chi connectivity index (χ0) is 15.2. The maximum atomic E-state index is 12.1. The lowest BCUT2D eigenvalue weighted by molar-refractivity contribution is -0.130. The summed E-state index contributed by atoms with van der Waals surface area (Å²) < 4.78 is 5.09. The topological polar surface area (TPSA) is 58.6 Å². The van der Waals surface area contributed by atoms with Crippen molar-refractivity contribution >= 4 is 17.2 Å². The Kier molecular flexibility index (Phi) is 5.36. The lowest BCUT2D eigenvalue weighted by atomic mass is 10.1. The summed E-state index contributed by atoms with van der Waals surface area (Å²) in [4.78, 5) is 13.3. The molecule has 1 heterocycles. The second-order valence-corrected chi connectivity index (χ2v) is 5.90. The highest BCUT2D eigenvalue weighted by molar-refractivity contribution is 7.09. The molecule has 0 radical (unpaired) electrons. The fraction of sp³-hybridized carbons (Fsp3) is 0.312. The molecule has 2 rings (SSSR count). The molecule has 5 heteroatoms. The number of hydrogen-bond donors (Lipinski definition) is 2. The molecule has 2 unspecified atom stereocenters. The van der Waals surface area contributed by atoms with Gasteiger partial charge in [0.25, 0.3) is 5.91 Å². The zero-order valence-electron chi connectivity index (χ0n) is 12.1. The van der Waals surface area contributed by atoms with E-state index >= 15 is 0 Å². The van der Waals surface area contributed by atoms with Crippen molar-refractivity contribution in [2.75, 3.05) is 7.11 Å². The molecular formula is C16H19NO3S. The van der Waals surface area contributed by atoms with Crippen LogP contribution in [-0.4, -0.2) is 24.2 Å². The Bertz CT molecular complexity index is 583. The lowest BCUT2D eigenvalue weighted by Gasteiger charge is -2.17. The molecule has 4 nitrogen and oxygen atoms in total. The van der Waals surface area contributed by atoms with E-state index in [-0.39, 0.29) is 6.04 Å². The van der Waals surface area contributed by atoms with Gasteiger partial charge in [-0.25, -0.2) is 0 Å². The summed E-state index contributed by atoms with van der Waals surface area (Å²) in [6.45, 7) is 1.93. The third-order valence-electron chi connectivity index (χ3n) is 3.13. The van der Waals surface area contributed by atoms with Crippen molar-refractivity contribution < 1.29 is 14.6 Å². The van der Waals surface area contributed by atoms with E-state index in [2.05, 4.69) is 5.32 Å². The predicted octanol–water partition coefficient (Wildman–Crippen LogP) is 2.54. The number of carbonyl (C=O) groups excluding carboxylic acids is 1. The first-order valence-corrected chi connectivity index (χ1v) is 7.63. The molecule has 1 aromatic heterocycles. The molecule has 0 aliphatic rings. The van der Waals surface area contributed by atoms with Crippen LogP contribution < -0.4 is 10.1 Å². The summed E-state index contributed by atoms with van der Waals surface area (Å²) in [5.41, 5.74) is 0.523. The Balaban J connectivity index is 1.95. The number of amides is 1. The molecule has 0 saturated carbocycles. The average Bonchev–Trinajstić information content (AvgIpc) is 2.99. The molecule has 21 heavy (non-hydrogen) atoms. The number of aliphatic hydroxyl groups excluding tert-OH is 1. The van der Waals surface area contributed by atoms with Crippen molar-refractivity contribution in [2.45, 2.75) is 25.5 Å². The molecule has 0 saturated heterocycles. The van der Waals surface area contributed by atoms with E-state index in [1.165, 1.54) is 4.88 Å². The van der Waals surface area contributed by atoms with Crippen molar-refractivity contribution in [1.29, 1.82) is 0 Å². The quantitative estimate of drug-likeness (QED) is 0.862. The summed E-state index contributed by atoms with van der Waals surface area (Å²) in [6.07, 6.45) is -0.431. The molecule has 1 aromatic carbocycles. The van der Waals surface area contributed by atoms with Gasteiger partial charge in [-0.1, -0.05) is 18.2 Å². The number of methoxy groups -OCH3 is 1. The fourth-order valence-corrected chi connectivity index (χ4v) is 2.90. The Hall–Kier alpha value is -1.85. The molecule has 0 spiro atoms. The molecule has 2 N–H and O–H groups in total. The third kappa shape index (κ3) is 4.31. The van der Waals surface area contributed by atoms with Crippen LogP contribution >= 0.6 is 11.3 Å². The highest BCUT2D eigenvalue weighted by Gasteiger charge is 2.19. The van der Waals surface area contributed by atoms with Crippen LogP contribution in [0.15, 0.2) is 41.8 Å². The molecule has 0 aliphatic heterocycles. The van der Waals surface area contributed by atoms with Gasteiger partial charge >= 0.3 is 0 Å². The fourth-order valence-electron chi connectivity index (χ4n) is 2.07. The van der Waals surface area contributed by atoms with Crippen molar-refractivity contribution in [1.82, 2.24) is 5.32 Å². The second kappa shape index (κ2) is 7.24. The lowest BCUT2D eigenvalue weighted by Crippen LogP contribution is -2.37. The summed E-state index contributed by atoms with van der Waals surface area (Å²) >= 11 is 1.66. The van der Waals surface area contributed by atoms with Gasteiger partial charge in [0.1, 0.15) is 5.75 Å². The molecule has 0 bridgehead atoms. The number of ether oxygens (including phenoxy) is 1. The summed E-state index contributed by atoms with van der Waals surface area (Å²) in [6, 6.07) is 10.9. The van der Waals surface area contributed by atoms with Gasteiger partial charge in [0.05, 0.1) is 7.11 Å². The van der Waals surface area contributed by atoms with Crippen LogP contribution in [-0.2, 0) is 11.2 Å². The molecule has 0 aliphatic carbocycles. The molecule has 112 valence electrons. The number of hydrogen-bond acceptors (Lipinski definition) is 4. The maximum Gasteiger partial charge on any atom is 0.253 e. The Morgan fingerprint density at radius 1 is 1.38 bits per heavy atom. The summed E-state index contributed by atoms with van der Waals surface area (Å²) in [5, 5.41) is 15.0. The van der Waals surface area contributed by atoms with E-state index in [4.69, 9.17) is 4.74 Å². The van der Waals surface area contributed by atoms with E-state index in [1.54, 1.807) is 42.7 Å². The van der Waals surface area contributed by atoms with Crippen LogP contribution in [0.25, 0.3) is 0 Å². The minimum atomic E-state index is -1.19. The third-order valence-corrected chi connectivity index (χ3v) is 4.03. The standard InChI is InChI=1S/C16H19NO3S/c1-11(9-14-7-4-8-21-14)17-16(19)15(18)12-5-3-6-13(10-12)20-2/h3-8,10-11,15,18H,9H2,1-2H3,(H,17,19). The van der Waals surface area contributed by atoms with Gasteiger partial charge in [0.2, 0.25) is 0 Å². The number of aliphatic hydroxyl groups is 1. The minimum Gasteiger partial charge on any atom is -0.497 e. The van der Waals surface area contributed by atoms with Gasteiger partial charge in [0, 0.05) is 17.3 Å². The molecular weight excluding hydrogens is 286 g/mol. The largest absolute Gasteiger partial charge is 0.497 e. The minimum absolute atomic E-state index is 0.0311. The maximum absolute atomic E-state index is 12.1. The zero-order valence-corrected chi connectivity index (χ0v) is 12.9. The van der Waals surface area contributed by atoms with Crippen LogP contribution in [0, 0.1) is 0 Å². The van der Waals surface area contributed by atoms with Gasteiger partial charge < -0.3 is 15.2 Å². The monoisotopic (exact) mass is 305 g/mol. The molecule has 1 amide bonds. The van der Waals surface area contributed by atoms with Gasteiger partial charge in [-0.2, -0.15) is 0 Å². The van der Waals surface area contributed by atoms with Crippen molar-refractivity contribution in [2.24, 2.45) is 0 Å². The number of carbonyl (C=O) groups is 1. The number of rotatable bonds is 6. The van der Waals surface area contributed by atoms with Crippen LogP contribution in [0.3, 0.4) is 0 Å². The van der Waals surface area contributed by atoms with Crippen LogP contribution in [0.2, 0.25) is 0 Å². The molecule has 0 fully saturated rings. The van der Waals surface area contributed by atoms with Gasteiger partial charge in [-0.15, -0.1) is 11.3 Å². The SMILES string of the molecule is COc1cccc(C(O)C(=O)NC(C)Cc2cccs2)c1. The van der Waals surface area contributed by atoms with E-state index < -0.39 is 12.0 Å². The van der Waals surface area contributed by atoms with Crippen LogP contribution in [0.1, 0.15) is 23.5 Å². The predicted molar refractivity (Wildman–Crippen MR) is 83.6 cm³/mol. The summed E-state index contributed by atoms with van der Waals surface area (Å²) in [5.74, 6) is 0.221. The second-order valence-electron chi connectivity index (χ2n) is 4.87. The summed E-state index contributed by atoms with van der Waals surface area (Å²) in [7, 11) is 1.55. The Morgan fingerprint density at radius 3 is 2.86 bits per heavy atom. The number of benzene rings is 1.